The molecule has 0 N–H and O–H groups in total. The molecule has 3 aromatic rings. The number of ether oxygens (including phenoxy) is 1. The maximum atomic E-state index is 5.96. The highest BCUT2D eigenvalue weighted by Gasteiger charge is 2.32. The molecule has 1 unspecified atom stereocenters. The van der Waals surface area contributed by atoms with Gasteiger partial charge in [0.2, 0.25) is 0 Å². The zero-order chi connectivity index (χ0) is 21.9. The molecule has 3 atom stereocenters. The summed E-state index contributed by atoms with van der Waals surface area (Å²) in [7, 11) is 2.23. The van der Waals surface area contributed by atoms with Gasteiger partial charge in [-0.15, -0.1) is 0 Å². The Balaban J connectivity index is 1.35. The van der Waals surface area contributed by atoms with E-state index in [-0.39, 0.29) is 6.23 Å². The topological polar surface area (TPSA) is 56.1 Å². The van der Waals surface area contributed by atoms with Crippen LogP contribution in [0.3, 0.4) is 0 Å². The first-order chi connectivity index (χ1) is 15.7. The summed E-state index contributed by atoms with van der Waals surface area (Å²) in [6.07, 6.45) is 11.5. The maximum absolute atomic E-state index is 5.96. The summed E-state index contributed by atoms with van der Waals surface area (Å²) < 4.78 is 8.02. The second-order valence-electron chi connectivity index (χ2n) is 9.15. The minimum Gasteiger partial charge on any atom is -0.357 e. The van der Waals surface area contributed by atoms with E-state index in [4.69, 9.17) is 14.7 Å². The largest absolute Gasteiger partial charge is 0.357 e. The molecule has 32 heavy (non-hydrogen) atoms. The first-order valence-corrected chi connectivity index (χ1v) is 11.9. The van der Waals surface area contributed by atoms with Crippen molar-refractivity contribution in [1.82, 2.24) is 24.6 Å². The number of likely N-dealkylation sites (tertiary alicyclic amines) is 1. The molecule has 0 bridgehead atoms. The van der Waals surface area contributed by atoms with Crippen molar-refractivity contribution < 1.29 is 4.74 Å². The smallest absolute Gasteiger partial charge is 0.150 e. The van der Waals surface area contributed by atoms with Gasteiger partial charge in [-0.25, -0.2) is 4.68 Å². The number of piperidine rings is 1. The molecule has 0 saturated carbocycles. The first kappa shape index (κ1) is 21.3. The van der Waals surface area contributed by atoms with Crippen molar-refractivity contribution in [3.8, 4) is 0 Å². The molecule has 6 nitrogen and oxygen atoms in total. The van der Waals surface area contributed by atoms with Gasteiger partial charge in [-0.05, 0) is 82.3 Å². The fourth-order valence-electron chi connectivity index (χ4n) is 5.29. The number of nitrogens with zero attached hydrogens (tertiary/aromatic N) is 5. The lowest BCUT2D eigenvalue weighted by molar-refractivity contribution is -0.0409. The average molecular weight is 432 g/mol. The fraction of sp³-hybridized carbons (Fsp3) is 0.500. The zero-order valence-corrected chi connectivity index (χ0v) is 19.2. The van der Waals surface area contributed by atoms with E-state index < -0.39 is 0 Å². The molecule has 5 rings (SSSR count). The van der Waals surface area contributed by atoms with Gasteiger partial charge in [0.25, 0.3) is 0 Å². The maximum Gasteiger partial charge on any atom is 0.150 e. The summed E-state index contributed by atoms with van der Waals surface area (Å²) in [6, 6.07) is 13.4. The summed E-state index contributed by atoms with van der Waals surface area (Å²) in [5, 5.41) is 4.56. The Bertz CT molecular complexity index is 1040. The van der Waals surface area contributed by atoms with E-state index in [1.165, 1.54) is 29.8 Å². The predicted octanol–water partition coefficient (Wildman–Crippen LogP) is 5.17. The lowest BCUT2D eigenvalue weighted by Gasteiger charge is -2.39. The van der Waals surface area contributed by atoms with Gasteiger partial charge in [0.05, 0.1) is 23.5 Å². The molecule has 2 fully saturated rings. The molecule has 2 saturated heterocycles. The van der Waals surface area contributed by atoms with E-state index in [1.54, 1.807) is 0 Å². The Morgan fingerprint density at radius 1 is 0.969 bits per heavy atom. The average Bonchev–Trinajstić information content (AvgIpc) is 3.29. The van der Waals surface area contributed by atoms with Crippen LogP contribution in [0, 0.1) is 6.92 Å². The van der Waals surface area contributed by atoms with Gasteiger partial charge in [0.1, 0.15) is 6.23 Å². The molecule has 5 heterocycles. The summed E-state index contributed by atoms with van der Waals surface area (Å²) in [5.41, 5.74) is 5.88. The van der Waals surface area contributed by atoms with Gasteiger partial charge in [-0.2, -0.15) is 5.10 Å². The third-order valence-electron chi connectivity index (χ3n) is 7.02. The highest BCUT2D eigenvalue weighted by Crippen LogP contribution is 2.40. The first-order valence-electron chi connectivity index (χ1n) is 11.9. The van der Waals surface area contributed by atoms with Gasteiger partial charge in [-0.3, -0.25) is 14.9 Å². The SMILES string of the molecule is Cc1cccnc1[C@@H]1CCC[C@H](c2cccc(Cc3ccnn3C3CCCCO3)n2)N1C. The molecular weight excluding hydrogens is 398 g/mol. The quantitative estimate of drug-likeness (QED) is 0.558. The van der Waals surface area contributed by atoms with E-state index in [2.05, 4.69) is 59.0 Å². The van der Waals surface area contributed by atoms with Crippen LogP contribution in [-0.4, -0.2) is 38.3 Å². The third-order valence-corrected chi connectivity index (χ3v) is 7.02. The normalized spacial score (nSPS) is 24.5. The highest BCUT2D eigenvalue weighted by molar-refractivity contribution is 5.24. The Kier molecular flexibility index (Phi) is 6.32. The number of hydrogen-bond donors (Lipinski definition) is 0. The summed E-state index contributed by atoms with van der Waals surface area (Å²) in [4.78, 5) is 12.3. The van der Waals surface area contributed by atoms with Crippen LogP contribution < -0.4 is 0 Å². The molecule has 0 radical (unpaired) electrons. The Labute approximate surface area is 190 Å². The van der Waals surface area contributed by atoms with Crippen LogP contribution >= 0.6 is 0 Å². The van der Waals surface area contributed by atoms with Crippen LogP contribution in [0.2, 0.25) is 0 Å². The standard InChI is InChI=1S/C26H33N5O/c1-19-8-7-15-27-26(19)24-12-6-11-23(30(24)2)22-10-5-9-20(29-22)18-21-14-16-28-31(21)25-13-3-4-17-32-25/h5,7-10,14-16,23-25H,3-4,6,11-13,17-18H2,1-2H3/t23-,24+,25?/m1/s1. The molecule has 0 aliphatic carbocycles. The molecule has 0 spiro atoms. The lowest BCUT2D eigenvalue weighted by Crippen LogP contribution is -2.34. The second-order valence-corrected chi connectivity index (χ2v) is 9.15. The molecule has 6 heteroatoms. The minimum atomic E-state index is 0.0591. The highest BCUT2D eigenvalue weighted by atomic mass is 16.5. The van der Waals surface area contributed by atoms with E-state index in [1.807, 2.05) is 18.5 Å². The van der Waals surface area contributed by atoms with Crippen LogP contribution in [0.4, 0.5) is 0 Å². The van der Waals surface area contributed by atoms with E-state index in [0.717, 1.165) is 50.1 Å². The molecular formula is C26H33N5O. The van der Waals surface area contributed by atoms with Crippen LogP contribution in [0.15, 0.2) is 48.8 Å². The number of aryl methyl sites for hydroxylation is 1. The van der Waals surface area contributed by atoms with E-state index in [0.29, 0.717) is 12.1 Å². The third kappa shape index (κ3) is 4.34. The Hall–Kier alpha value is -2.57. The van der Waals surface area contributed by atoms with Crippen LogP contribution in [0.25, 0.3) is 0 Å². The minimum absolute atomic E-state index is 0.0591. The number of rotatable bonds is 5. The van der Waals surface area contributed by atoms with Crippen molar-refractivity contribution in [1.29, 1.82) is 0 Å². The molecule has 3 aromatic heterocycles. The molecule has 168 valence electrons. The monoisotopic (exact) mass is 431 g/mol. The van der Waals surface area contributed by atoms with Crippen molar-refractivity contribution in [3.05, 3.63) is 77.1 Å². The number of aromatic nitrogens is 4. The Morgan fingerprint density at radius 3 is 2.72 bits per heavy atom. The summed E-state index contributed by atoms with van der Waals surface area (Å²) in [5.74, 6) is 0. The van der Waals surface area contributed by atoms with Gasteiger partial charge >= 0.3 is 0 Å². The van der Waals surface area contributed by atoms with Gasteiger partial charge in [-0.1, -0.05) is 12.1 Å². The van der Waals surface area contributed by atoms with Crippen molar-refractivity contribution in [3.63, 3.8) is 0 Å². The number of pyridine rings is 2. The van der Waals surface area contributed by atoms with Crippen molar-refractivity contribution in [2.45, 2.75) is 70.2 Å². The lowest BCUT2D eigenvalue weighted by atomic mass is 9.90. The van der Waals surface area contributed by atoms with Crippen LogP contribution in [-0.2, 0) is 11.2 Å². The molecule has 2 aliphatic rings. The van der Waals surface area contributed by atoms with Crippen LogP contribution in [0.5, 0.6) is 0 Å². The second kappa shape index (κ2) is 9.51. The van der Waals surface area contributed by atoms with Crippen molar-refractivity contribution in [2.24, 2.45) is 0 Å². The summed E-state index contributed by atoms with van der Waals surface area (Å²) in [6.45, 7) is 2.99. The summed E-state index contributed by atoms with van der Waals surface area (Å²) >= 11 is 0. The van der Waals surface area contributed by atoms with E-state index >= 15 is 0 Å². The van der Waals surface area contributed by atoms with Gasteiger partial charge < -0.3 is 4.74 Å². The molecule has 0 aromatic carbocycles. The number of hydrogen-bond acceptors (Lipinski definition) is 5. The molecule has 2 aliphatic heterocycles. The van der Waals surface area contributed by atoms with Crippen molar-refractivity contribution >= 4 is 0 Å². The zero-order valence-electron chi connectivity index (χ0n) is 19.2. The van der Waals surface area contributed by atoms with Crippen molar-refractivity contribution in [2.75, 3.05) is 13.7 Å². The Morgan fingerprint density at radius 2 is 1.88 bits per heavy atom. The van der Waals surface area contributed by atoms with Gasteiger partial charge in [0, 0.05) is 36.8 Å². The predicted molar refractivity (Wildman–Crippen MR) is 124 cm³/mol. The van der Waals surface area contributed by atoms with E-state index in [9.17, 15) is 0 Å². The fourth-order valence-corrected chi connectivity index (χ4v) is 5.29. The van der Waals surface area contributed by atoms with Gasteiger partial charge in [0.15, 0.2) is 0 Å². The van der Waals surface area contributed by atoms with Crippen LogP contribution in [0.1, 0.15) is 85.2 Å². The molecule has 0 amide bonds.